The molecule has 3 heterocycles. The van der Waals surface area contributed by atoms with E-state index in [0.29, 0.717) is 11.3 Å². The molecule has 41 heavy (non-hydrogen) atoms. The van der Waals surface area contributed by atoms with Gasteiger partial charge in [-0.15, -0.1) is 11.3 Å². The van der Waals surface area contributed by atoms with Crippen LogP contribution in [0.25, 0.3) is 11.3 Å². The summed E-state index contributed by atoms with van der Waals surface area (Å²) in [6.07, 6.45) is 3.50. The number of rotatable bonds is 5. The number of hydrogen-bond acceptors (Lipinski definition) is 7. The highest BCUT2D eigenvalue weighted by molar-refractivity contribution is 7.14. The van der Waals surface area contributed by atoms with Gasteiger partial charge in [0.05, 0.1) is 5.69 Å². The lowest BCUT2D eigenvalue weighted by molar-refractivity contribution is -0.130. The van der Waals surface area contributed by atoms with Gasteiger partial charge in [-0.25, -0.2) is 14.8 Å². The number of nitrogens with one attached hydrogen (secondary N) is 2. The van der Waals surface area contributed by atoms with E-state index in [4.69, 9.17) is 28.3 Å². The molecule has 204 valence electrons. The Bertz CT molecular complexity index is 1720. The second kappa shape index (κ2) is 14.1. The van der Waals surface area contributed by atoms with Crippen molar-refractivity contribution in [3.63, 3.8) is 0 Å². The van der Waals surface area contributed by atoms with Crippen LogP contribution in [0.3, 0.4) is 0 Å². The van der Waals surface area contributed by atoms with Crippen molar-refractivity contribution in [2.45, 2.75) is 6.92 Å². The molecule has 0 aliphatic carbocycles. The zero-order chi connectivity index (χ0) is 29.2. The largest absolute Gasteiger partial charge is 0.472 e. The number of carbonyl (C=O) groups excluding carboxylic acids is 1. The average molecular weight is 603 g/mol. The van der Waals surface area contributed by atoms with Gasteiger partial charge in [-0.05, 0) is 61.0 Å². The van der Waals surface area contributed by atoms with Gasteiger partial charge >= 0.3 is 5.97 Å². The van der Waals surface area contributed by atoms with Gasteiger partial charge in [0.15, 0.2) is 5.13 Å². The van der Waals surface area contributed by atoms with Gasteiger partial charge in [0.1, 0.15) is 10.3 Å². The van der Waals surface area contributed by atoms with Crippen LogP contribution < -0.4 is 10.6 Å². The number of benzene rings is 2. The highest BCUT2D eigenvalue weighted by atomic mass is 35.5. The fourth-order valence-corrected chi connectivity index (χ4v) is 4.57. The molecule has 2 aromatic carbocycles. The number of aromatic nitrogens is 3. The van der Waals surface area contributed by atoms with E-state index in [1.807, 2.05) is 66.8 Å². The molecular weight excluding hydrogens is 581 g/mol. The summed E-state index contributed by atoms with van der Waals surface area (Å²) in [7, 11) is 0. The van der Waals surface area contributed by atoms with Crippen LogP contribution in [0.5, 0.6) is 0 Å². The molecule has 5 rings (SSSR count). The van der Waals surface area contributed by atoms with E-state index >= 15 is 0 Å². The number of amides is 1. The van der Waals surface area contributed by atoms with Crippen LogP contribution in [0, 0.1) is 18.8 Å². The molecule has 0 atom stereocenters. The molecule has 1 amide bonds. The normalized spacial score (nSPS) is 9.93. The number of pyridine rings is 2. The summed E-state index contributed by atoms with van der Waals surface area (Å²) < 4.78 is 0. The zero-order valence-electron chi connectivity index (χ0n) is 21.4. The van der Waals surface area contributed by atoms with E-state index in [1.54, 1.807) is 24.5 Å². The lowest BCUT2D eigenvalue weighted by Gasteiger charge is -2.11. The second-order valence-electron chi connectivity index (χ2n) is 8.31. The molecule has 0 bridgehead atoms. The minimum Gasteiger partial charge on any atom is -0.472 e. The SMILES string of the molecule is Cc1ccc(NC(=O)c2cc(Cl)nc(Cl)c2)cc1Nc1nc(-c2cccnc2)cs1.O=C(O)C#Cc1ccccc1. The summed E-state index contributed by atoms with van der Waals surface area (Å²) >= 11 is 13.3. The van der Waals surface area contributed by atoms with Crippen LogP contribution in [0.2, 0.25) is 10.3 Å². The fourth-order valence-electron chi connectivity index (χ4n) is 3.37. The number of aryl methyl sites for hydroxylation is 1. The van der Waals surface area contributed by atoms with Gasteiger partial charge in [-0.1, -0.05) is 53.4 Å². The summed E-state index contributed by atoms with van der Waals surface area (Å²) in [6, 6.07) is 21.4. The molecule has 0 spiro atoms. The van der Waals surface area contributed by atoms with Crippen molar-refractivity contribution in [1.82, 2.24) is 15.0 Å². The van der Waals surface area contributed by atoms with Crippen LogP contribution >= 0.6 is 34.5 Å². The molecule has 11 heteroatoms. The Morgan fingerprint density at radius 2 is 1.71 bits per heavy atom. The molecule has 3 N–H and O–H groups in total. The van der Waals surface area contributed by atoms with Crippen molar-refractivity contribution in [2.24, 2.45) is 0 Å². The molecule has 0 aliphatic rings. The molecule has 0 saturated heterocycles. The third kappa shape index (κ3) is 8.88. The Morgan fingerprint density at radius 3 is 2.39 bits per heavy atom. The number of aliphatic carboxylic acids is 1. The van der Waals surface area contributed by atoms with E-state index in [9.17, 15) is 9.59 Å². The van der Waals surface area contributed by atoms with E-state index < -0.39 is 5.97 Å². The first-order chi connectivity index (χ1) is 19.8. The van der Waals surface area contributed by atoms with Gasteiger partial charge in [-0.2, -0.15) is 0 Å². The number of halogens is 2. The first-order valence-electron chi connectivity index (χ1n) is 11.9. The third-order valence-electron chi connectivity index (χ3n) is 5.31. The lowest BCUT2D eigenvalue weighted by atomic mass is 10.1. The molecular formula is C30H21Cl2N5O3S. The monoisotopic (exact) mass is 601 g/mol. The number of nitrogens with zero attached hydrogens (tertiary/aromatic N) is 3. The third-order valence-corrected chi connectivity index (χ3v) is 6.46. The Balaban J connectivity index is 0.000000296. The number of carboxylic acids is 1. The maximum atomic E-state index is 12.5. The van der Waals surface area contributed by atoms with Crippen LogP contribution in [0.1, 0.15) is 21.5 Å². The Hall–Kier alpha value is -4.75. The molecule has 0 fully saturated rings. The summed E-state index contributed by atoms with van der Waals surface area (Å²) in [5, 5.41) is 17.4. The van der Waals surface area contributed by atoms with E-state index in [0.717, 1.165) is 33.2 Å². The topological polar surface area (TPSA) is 117 Å². The molecule has 0 saturated carbocycles. The average Bonchev–Trinajstić information content (AvgIpc) is 3.43. The first-order valence-corrected chi connectivity index (χ1v) is 13.6. The number of carboxylic acid groups (broad SMARTS) is 1. The van der Waals surface area contributed by atoms with Crippen LogP contribution in [-0.2, 0) is 4.79 Å². The zero-order valence-corrected chi connectivity index (χ0v) is 23.8. The van der Waals surface area contributed by atoms with Crippen molar-refractivity contribution in [3.05, 3.63) is 118 Å². The summed E-state index contributed by atoms with van der Waals surface area (Å²) in [6.45, 7) is 1.98. The van der Waals surface area contributed by atoms with Crippen molar-refractivity contribution >= 4 is 62.9 Å². The predicted molar refractivity (Wildman–Crippen MR) is 163 cm³/mol. The number of carbonyl (C=O) groups is 2. The minimum absolute atomic E-state index is 0.159. The van der Waals surface area contributed by atoms with E-state index in [2.05, 4.69) is 31.5 Å². The van der Waals surface area contributed by atoms with Gasteiger partial charge < -0.3 is 15.7 Å². The van der Waals surface area contributed by atoms with Crippen LogP contribution in [0.15, 0.2) is 90.6 Å². The van der Waals surface area contributed by atoms with E-state index in [1.165, 1.54) is 23.5 Å². The van der Waals surface area contributed by atoms with Crippen molar-refractivity contribution in [2.75, 3.05) is 10.6 Å². The van der Waals surface area contributed by atoms with Gasteiger partial charge in [-0.3, -0.25) is 9.78 Å². The highest BCUT2D eigenvalue weighted by Crippen LogP contribution is 2.29. The maximum absolute atomic E-state index is 12.5. The summed E-state index contributed by atoms with van der Waals surface area (Å²) in [4.78, 5) is 35.1. The molecule has 0 unspecified atom stereocenters. The quantitative estimate of drug-likeness (QED) is 0.142. The van der Waals surface area contributed by atoms with Crippen molar-refractivity contribution in [3.8, 4) is 23.1 Å². The highest BCUT2D eigenvalue weighted by Gasteiger charge is 2.11. The Labute approximate surface area is 250 Å². The van der Waals surface area contributed by atoms with Crippen molar-refractivity contribution < 1.29 is 14.7 Å². The number of anilines is 3. The molecule has 3 aromatic heterocycles. The number of thiazole rings is 1. The molecule has 0 radical (unpaired) electrons. The molecule has 5 aromatic rings. The van der Waals surface area contributed by atoms with Crippen molar-refractivity contribution in [1.29, 1.82) is 0 Å². The number of hydrogen-bond donors (Lipinski definition) is 3. The van der Waals surface area contributed by atoms with Crippen LogP contribution in [0.4, 0.5) is 16.5 Å². The van der Waals surface area contributed by atoms with Gasteiger partial charge in [0.25, 0.3) is 5.91 Å². The fraction of sp³-hybridized carbons (Fsp3) is 0.0333. The standard InChI is InChI=1S/C21H15Cl2N5OS.C9H6O2/c1-12-4-5-15(25-20(29)14-7-18(22)28-19(23)8-14)9-16(12)26-21-27-17(11-30-21)13-3-2-6-24-10-13;10-9(11)7-6-8-4-2-1-3-5-8/h2-11H,1H3,(H,25,29)(H,26,27);1-5H,(H,10,11). The summed E-state index contributed by atoms with van der Waals surface area (Å²) in [5.74, 6) is 3.09. The van der Waals surface area contributed by atoms with Crippen LogP contribution in [-0.4, -0.2) is 31.9 Å². The van der Waals surface area contributed by atoms with E-state index in [-0.39, 0.29) is 16.2 Å². The first kappa shape index (κ1) is 29.2. The minimum atomic E-state index is -1.10. The summed E-state index contributed by atoms with van der Waals surface area (Å²) in [5.41, 5.74) is 5.33. The molecule has 0 aliphatic heterocycles. The maximum Gasteiger partial charge on any atom is 0.382 e. The predicted octanol–water partition coefficient (Wildman–Crippen LogP) is 7.33. The van der Waals surface area contributed by atoms with Gasteiger partial charge in [0, 0.05) is 51.8 Å². The second-order valence-corrected chi connectivity index (χ2v) is 9.94. The van der Waals surface area contributed by atoms with Gasteiger partial charge in [0.2, 0.25) is 0 Å². The Kier molecular flexibility index (Phi) is 10.0. The molecule has 8 nitrogen and oxygen atoms in total. The lowest BCUT2D eigenvalue weighted by Crippen LogP contribution is -2.12. The Morgan fingerprint density at radius 1 is 0.951 bits per heavy atom. The smallest absolute Gasteiger partial charge is 0.382 e.